The van der Waals surface area contributed by atoms with Gasteiger partial charge in [-0.05, 0) is 18.3 Å². The highest BCUT2D eigenvalue weighted by Gasteiger charge is 2.39. The van der Waals surface area contributed by atoms with Crippen LogP contribution in [0.25, 0.3) is 0 Å². The molecule has 1 saturated heterocycles. The van der Waals surface area contributed by atoms with Gasteiger partial charge in [0.2, 0.25) is 11.8 Å². The van der Waals surface area contributed by atoms with Crippen LogP contribution >= 0.6 is 0 Å². The van der Waals surface area contributed by atoms with Crippen molar-refractivity contribution >= 4 is 11.8 Å². The smallest absolute Gasteiger partial charge is 0.233 e. The van der Waals surface area contributed by atoms with Crippen LogP contribution < -0.4 is 0 Å². The van der Waals surface area contributed by atoms with E-state index in [2.05, 4.69) is 13.8 Å². The number of imide groups is 1. The van der Waals surface area contributed by atoms with Crippen LogP contribution in [0.15, 0.2) is 0 Å². The van der Waals surface area contributed by atoms with Crippen LogP contribution in [0.5, 0.6) is 0 Å². The molecule has 1 fully saturated rings. The molecule has 0 saturated carbocycles. The summed E-state index contributed by atoms with van der Waals surface area (Å²) >= 11 is 0. The number of nitrogens with zero attached hydrogens (tertiary/aromatic N) is 1. The fourth-order valence-electron chi connectivity index (χ4n) is 2.26. The van der Waals surface area contributed by atoms with Gasteiger partial charge in [0.25, 0.3) is 0 Å². The Hall–Kier alpha value is -0.940. The summed E-state index contributed by atoms with van der Waals surface area (Å²) in [5.41, 5.74) is 0. The third-order valence-corrected chi connectivity index (χ3v) is 3.75. The van der Waals surface area contributed by atoms with E-state index >= 15 is 0 Å². The van der Waals surface area contributed by atoms with Crippen molar-refractivity contribution in [3.63, 3.8) is 0 Å². The summed E-state index contributed by atoms with van der Waals surface area (Å²) in [6, 6.07) is 0. The van der Waals surface area contributed by atoms with Crippen LogP contribution in [0.3, 0.4) is 0 Å². The highest BCUT2D eigenvalue weighted by Crippen LogP contribution is 2.25. The van der Waals surface area contributed by atoms with Gasteiger partial charge in [0.05, 0.1) is 26.4 Å². The van der Waals surface area contributed by atoms with E-state index in [0.717, 1.165) is 13.0 Å². The van der Waals surface area contributed by atoms with E-state index in [1.165, 1.54) is 4.90 Å². The summed E-state index contributed by atoms with van der Waals surface area (Å²) in [5.74, 6) is 0.577. The Morgan fingerprint density at radius 3 is 2.19 bits per heavy atom. The van der Waals surface area contributed by atoms with Gasteiger partial charge in [-0.1, -0.05) is 27.7 Å². The number of rotatable bonds is 10. The first-order valence-electron chi connectivity index (χ1n) is 7.93. The summed E-state index contributed by atoms with van der Waals surface area (Å²) in [6.45, 7) is 10.8. The molecule has 1 unspecified atom stereocenters. The molecule has 1 aliphatic heterocycles. The number of likely N-dealkylation sites (tertiary alicyclic amines) is 1. The Kier molecular flexibility index (Phi) is 7.89. The third kappa shape index (κ3) is 6.14. The molecular weight excluding hydrogens is 270 g/mol. The topological polar surface area (TPSA) is 55.8 Å². The lowest BCUT2D eigenvalue weighted by Gasteiger charge is -2.16. The fraction of sp³-hybridized carbons (Fsp3) is 0.875. The summed E-state index contributed by atoms with van der Waals surface area (Å²) in [6.07, 6.45) is 1.39. The van der Waals surface area contributed by atoms with Crippen molar-refractivity contribution in [2.24, 2.45) is 17.8 Å². The molecule has 5 nitrogen and oxygen atoms in total. The molecule has 0 bridgehead atoms. The molecule has 0 aromatic heterocycles. The Bertz CT molecular complexity index is 341. The number of amides is 2. The van der Waals surface area contributed by atoms with Crippen LogP contribution in [0, 0.1) is 17.8 Å². The van der Waals surface area contributed by atoms with Crippen molar-refractivity contribution < 1.29 is 19.1 Å². The predicted molar refractivity (Wildman–Crippen MR) is 80.8 cm³/mol. The van der Waals surface area contributed by atoms with Gasteiger partial charge in [-0.25, -0.2) is 0 Å². The SMILES string of the molecule is CC(C)CCOCCOCCN1C(=O)CC(C(C)C)C1=O. The van der Waals surface area contributed by atoms with Crippen LogP contribution in [-0.2, 0) is 19.1 Å². The molecule has 5 heteroatoms. The summed E-state index contributed by atoms with van der Waals surface area (Å²) < 4.78 is 10.9. The molecule has 1 atom stereocenters. The second-order valence-electron chi connectivity index (χ2n) is 6.35. The highest BCUT2D eigenvalue weighted by atomic mass is 16.5. The Labute approximate surface area is 128 Å². The van der Waals surface area contributed by atoms with Crippen molar-refractivity contribution in [3.8, 4) is 0 Å². The minimum Gasteiger partial charge on any atom is -0.379 e. The van der Waals surface area contributed by atoms with Gasteiger partial charge in [0.15, 0.2) is 0 Å². The van der Waals surface area contributed by atoms with E-state index < -0.39 is 0 Å². The van der Waals surface area contributed by atoms with E-state index in [9.17, 15) is 9.59 Å². The number of hydrogen-bond acceptors (Lipinski definition) is 4. The van der Waals surface area contributed by atoms with E-state index in [1.807, 2.05) is 13.8 Å². The van der Waals surface area contributed by atoms with Crippen molar-refractivity contribution in [2.75, 3.05) is 33.0 Å². The van der Waals surface area contributed by atoms with Gasteiger partial charge >= 0.3 is 0 Å². The van der Waals surface area contributed by atoms with Crippen molar-refractivity contribution in [2.45, 2.75) is 40.5 Å². The van der Waals surface area contributed by atoms with Crippen LogP contribution in [-0.4, -0.2) is 49.7 Å². The van der Waals surface area contributed by atoms with E-state index in [-0.39, 0.29) is 23.7 Å². The minimum absolute atomic E-state index is 0.0493. The van der Waals surface area contributed by atoms with Crippen LogP contribution in [0.2, 0.25) is 0 Å². The van der Waals surface area contributed by atoms with Crippen molar-refractivity contribution in [1.29, 1.82) is 0 Å². The maximum Gasteiger partial charge on any atom is 0.233 e. The van der Waals surface area contributed by atoms with E-state index in [1.54, 1.807) is 0 Å². The van der Waals surface area contributed by atoms with Crippen LogP contribution in [0.4, 0.5) is 0 Å². The lowest BCUT2D eigenvalue weighted by atomic mass is 9.94. The molecule has 1 rings (SSSR count). The fourth-order valence-corrected chi connectivity index (χ4v) is 2.26. The molecule has 1 heterocycles. The number of hydrogen-bond donors (Lipinski definition) is 0. The van der Waals surface area contributed by atoms with Gasteiger partial charge in [0, 0.05) is 18.9 Å². The average Bonchev–Trinajstić information content (AvgIpc) is 2.69. The van der Waals surface area contributed by atoms with Gasteiger partial charge in [-0.3, -0.25) is 14.5 Å². The molecule has 0 aliphatic carbocycles. The van der Waals surface area contributed by atoms with Crippen molar-refractivity contribution in [1.82, 2.24) is 4.90 Å². The maximum atomic E-state index is 12.1. The third-order valence-electron chi connectivity index (χ3n) is 3.75. The second-order valence-corrected chi connectivity index (χ2v) is 6.35. The number of ether oxygens (including phenoxy) is 2. The summed E-state index contributed by atoms with van der Waals surface area (Å²) in [7, 11) is 0. The molecule has 1 aliphatic rings. The first-order valence-corrected chi connectivity index (χ1v) is 7.93. The molecule has 0 aromatic carbocycles. The van der Waals surface area contributed by atoms with E-state index in [4.69, 9.17) is 9.47 Å². The van der Waals surface area contributed by atoms with Gasteiger partial charge in [-0.2, -0.15) is 0 Å². The molecule has 21 heavy (non-hydrogen) atoms. The largest absolute Gasteiger partial charge is 0.379 e. The molecular formula is C16H29NO4. The predicted octanol–water partition coefficient (Wildman–Crippen LogP) is 2.10. The number of carbonyl (C=O) groups is 2. The standard InChI is InChI=1S/C16H29NO4/c1-12(2)5-7-20-9-10-21-8-6-17-15(18)11-14(13(3)4)16(17)19/h12-14H,5-11H2,1-4H3. The lowest BCUT2D eigenvalue weighted by molar-refractivity contribution is -0.140. The Morgan fingerprint density at radius 2 is 1.67 bits per heavy atom. The molecule has 0 spiro atoms. The zero-order chi connectivity index (χ0) is 15.8. The second kappa shape index (κ2) is 9.15. The molecule has 0 aromatic rings. The average molecular weight is 299 g/mol. The normalized spacial score (nSPS) is 19.3. The van der Waals surface area contributed by atoms with Crippen molar-refractivity contribution in [3.05, 3.63) is 0 Å². The Balaban J connectivity index is 2.10. The lowest BCUT2D eigenvalue weighted by Crippen LogP contribution is -2.34. The highest BCUT2D eigenvalue weighted by molar-refractivity contribution is 6.03. The zero-order valence-electron chi connectivity index (χ0n) is 13.8. The minimum atomic E-state index is -0.156. The van der Waals surface area contributed by atoms with E-state index in [0.29, 0.717) is 38.7 Å². The monoisotopic (exact) mass is 299 g/mol. The molecule has 2 amide bonds. The Morgan fingerprint density at radius 1 is 1.05 bits per heavy atom. The molecule has 0 radical (unpaired) electrons. The van der Waals surface area contributed by atoms with Crippen LogP contribution in [0.1, 0.15) is 40.5 Å². The number of carbonyl (C=O) groups excluding carboxylic acids is 2. The van der Waals surface area contributed by atoms with Gasteiger partial charge in [0.1, 0.15) is 0 Å². The molecule has 122 valence electrons. The quantitative estimate of drug-likeness (QED) is 0.458. The maximum absolute atomic E-state index is 12.1. The summed E-state index contributed by atoms with van der Waals surface area (Å²) in [5, 5.41) is 0. The first kappa shape index (κ1) is 18.1. The zero-order valence-corrected chi connectivity index (χ0v) is 13.8. The first-order chi connectivity index (χ1) is 9.93. The molecule has 0 N–H and O–H groups in total. The van der Waals surface area contributed by atoms with Gasteiger partial charge < -0.3 is 9.47 Å². The van der Waals surface area contributed by atoms with Gasteiger partial charge in [-0.15, -0.1) is 0 Å². The summed E-state index contributed by atoms with van der Waals surface area (Å²) in [4.78, 5) is 25.2.